The maximum Gasteiger partial charge on any atom is 0.485 e. The van der Waals surface area contributed by atoms with Gasteiger partial charge in [-0.2, -0.15) is 26.3 Å². The fraction of sp³-hybridized carbons (Fsp3) is 0.100. The Morgan fingerprint density at radius 1 is 0.742 bits per heavy atom. The van der Waals surface area contributed by atoms with E-state index in [4.69, 9.17) is 13.0 Å². The Labute approximate surface area is 177 Å². The first-order valence-electron chi connectivity index (χ1n) is 8.33. The maximum absolute atomic E-state index is 12.6. The number of benzene rings is 3. The molecule has 1 unspecified atom stereocenters. The van der Waals surface area contributed by atoms with Crippen LogP contribution in [0.15, 0.2) is 94.1 Å². The third kappa shape index (κ3) is 7.60. The van der Waals surface area contributed by atoms with Gasteiger partial charge in [0.05, 0.1) is 17.0 Å². The molecule has 11 heteroatoms. The molecule has 166 valence electrons. The van der Waals surface area contributed by atoms with Crippen molar-refractivity contribution in [2.75, 3.05) is 0 Å². The van der Waals surface area contributed by atoms with E-state index in [1.165, 1.54) is 5.41 Å². The van der Waals surface area contributed by atoms with Crippen LogP contribution >= 0.6 is 0 Å². The molecule has 0 fully saturated rings. The predicted molar refractivity (Wildman–Crippen MR) is 105 cm³/mol. The monoisotopic (exact) mass is 480 g/mol. The van der Waals surface area contributed by atoms with E-state index in [-0.39, 0.29) is 0 Å². The summed E-state index contributed by atoms with van der Waals surface area (Å²) in [5.41, 5.74) is -5.65. The van der Waals surface area contributed by atoms with Gasteiger partial charge in [0.15, 0.2) is 19.9 Å². The maximum atomic E-state index is 12.6. The first kappa shape index (κ1) is 24.8. The molecule has 0 spiro atoms. The van der Waals surface area contributed by atoms with Gasteiger partial charge < -0.3 is 4.55 Å². The molecule has 3 rings (SSSR count). The van der Waals surface area contributed by atoms with E-state index in [1.807, 2.05) is 72.8 Å². The zero-order valence-corrected chi connectivity index (χ0v) is 17.0. The first-order chi connectivity index (χ1) is 14.3. The number of alkyl halides is 6. The third-order valence-corrected chi connectivity index (χ3v) is 6.17. The van der Waals surface area contributed by atoms with E-state index < -0.39 is 32.7 Å². The molecule has 0 heterocycles. The van der Waals surface area contributed by atoms with Crippen molar-refractivity contribution in [2.45, 2.75) is 21.5 Å². The summed E-state index contributed by atoms with van der Waals surface area (Å²) < 4.78 is 96.8. The molecule has 0 saturated carbocycles. The Balaban J connectivity index is 0.000000366. The van der Waals surface area contributed by atoms with Gasteiger partial charge in [-0.05, 0) is 35.0 Å². The van der Waals surface area contributed by atoms with Crippen molar-refractivity contribution >= 4 is 31.8 Å². The molecule has 3 aromatic carbocycles. The number of fused-ring (bicyclic) bond motifs is 1. The van der Waals surface area contributed by atoms with E-state index >= 15 is 0 Å². The minimum Gasteiger partial charge on any atom is -0.741 e. The predicted octanol–water partition coefficient (Wildman–Crippen LogP) is 6.00. The van der Waals surface area contributed by atoms with Crippen molar-refractivity contribution in [3.05, 3.63) is 84.3 Å². The Kier molecular flexibility index (Phi) is 7.79. The van der Waals surface area contributed by atoms with Crippen LogP contribution in [-0.4, -0.2) is 24.7 Å². The molecule has 0 aromatic heterocycles. The molecule has 3 nitrogen and oxygen atoms in total. The van der Waals surface area contributed by atoms with Crippen LogP contribution in [0.3, 0.4) is 0 Å². The third-order valence-electron chi connectivity index (χ3n) is 3.65. The number of rotatable bonds is 3. The fourth-order valence-corrected chi connectivity index (χ4v) is 4.11. The lowest BCUT2D eigenvalue weighted by atomic mass is 10.1. The standard InChI is InChI=1S/C19H14F3S.CHF3O3S/c20-19(21,22)12-13-23(17-8-2-1-3-9-17)18-11-10-15-6-4-5-7-16(15)14-18;2-1(3,4)8(5,6)7/h1-14H;(H,5,6,7)/q+1;/p-1/b13-12+;. The molecule has 0 saturated heterocycles. The van der Waals surface area contributed by atoms with Crippen LogP contribution in [0.2, 0.25) is 0 Å². The lowest BCUT2D eigenvalue weighted by Gasteiger charge is -2.08. The molecule has 0 radical (unpaired) electrons. The molecule has 0 aliphatic heterocycles. The van der Waals surface area contributed by atoms with Crippen molar-refractivity contribution in [3.63, 3.8) is 0 Å². The Morgan fingerprint density at radius 3 is 1.77 bits per heavy atom. The molecule has 0 N–H and O–H groups in total. The summed E-state index contributed by atoms with van der Waals surface area (Å²) in [5, 5.41) is 3.35. The Morgan fingerprint density at radius 2 is 1.26 bits per heavy atom. The van der Waals surface area contributed by atoms with Gasteiger partial charge in [-0.25, -0.2) is 8.42 Å². The van der Waals surface area contributed by atoms with Crippen LogP contribution in [0.4, 0.5) is 26.3 Å². The number of hydrogen-bond acceptors (Lipinski definition) is 3. The highest BCUT2D eigenvalue weighted by molar-refractivity contribution is 7.99. The van der Waals surface area contributed by atoms with Crippen LogP contribution in [0.25, 0.3) is 10.8 Å². The quantitative estimate of drug-likeness (QED) is 0.200. The van der Waals surface area contributed by atoms with Gasteiger partial charge in [0.25, 0.3) is 0 Å². The summed E-state index contributed by atoms with van der Waals surface area (Å²) in [6.07, 6.45) is -3.98. The second kappa shape index (κ2) is 9.75. The van der Waals surface area contributed by atoms with Crippen LogP contribution in [-0.2, 0) is 21.0 Å². The van der Waals surface area contributed by atoms with Gasteiger partial charge in [0, 0.05) is 6.07 Å². The largest absolute Gasteiger partial charge is 0.741 e. The average molecular weight is 480 g/mol. The van der Waals surface area contributed by atoms with Crippen LogP contribution in [0, 0.1) is 0 Å². The SMILES string of the molecule is FC(F)(F)/C=C/[S+](c1ccccc1)c1ccc2ccccc2c1.O=S(=O)([O-])C(F)(F)F. The highest BCUT2D eigenvalue weighted by atomic mass is 32.2. The summed E-state index contributed by atoms with van der Waals surface area (Å²) in [6.45, 7) is 0. The van der Waals surface area contributed by atoms with E-state index in [9.17, 15) is 26.3 Å². The summed E-state index contributed by atoms with van der Waals surface area (Å²) in [6, 6.07) is 22.9. The molecule has 31 heavy (non-hydrogen) atoms. The first-order valence-corrected chi connectivity index (χ1v) is 11.0. The van der Waals surface area contributed by atoms with Crippen LogP contribution < -0.4 is 0 Å². The molecular formula is C20H14F6O3S2. The minimum absolute atomic E-state index is 0.332. The van der Waals surface area contributed by atoms with E-state index in [1.54, 1.807) is 0 Å². The smallest absolute Gasteiger partial charge is 0.485 e. The lowest BCUT2D eigenvalue weighted by molar-refractivity contribution is -0.0796. The van der Waals surface area contributed by atoms with Crippen molar-refractivity contribution in [2.24, 2.45) is 0 Å². The fourth-order valence-electron chi connectivity index (χ4n) is 2.31. The number of halogens is 6. The average Bonchev–Trinajstić information content (AvgIpc) is 2.67. The number of hydrogen-bond donors (Lipinski definition) is 0. The van der Waals surface area contributed by atoms with Crippen molar-refractivity contribution in [1.82, 2.24) is 0 Å². The van der Waals surface area contributed by atoms with E-state index in [0.717, 1.165) is 20.6 Å². The van der Waals surface area contributed by atoms with Gasteiger partial charge >= 0.3 is 11.7 Å². The summed E-state index contributed by atoms with van der Waals surface area (Å²) in [4.78, 5) is 1.73. The van der Waals surface area contributed by atoms with Crippen LogP contribution in [0.5, 0.6) is 0 Å². The van der Waals surface area contributed by atoms with Gasteiger partial charge in [-0.3, -0.25) is 0 Å². The molecular weight excluding hydrogens is 466 g/mol. The van der Waals surface area contributed by atoms with Crippen molar-refractivity contribution in [1.29, 1.82) is 0 Å². The minimum atomic E-state index is -6.09. The van der Waals surface area contributed by atoms with E-state index in [2.05, 4.69) is 0 Å². The van der Waals surface area contributed by atoms with Gasteiger partial charge in [-0.15, -0.1) is 0 Å². The number of allylic oxidation sites excluding steroid dienone is 1. The topological polar surface area (TPSA) is 57.2 Å². The van der Waals surface area contributed by atoms with Gasteiger partial charge in [0.1, 0.15) is 5.41 Å². The van der Waals surface area contributed by atoms with Crippen molar-refractivity contribution < 1.29 is 39.3 Å². The molecule has 0 aliphatic rings. The highest BCUT2D eigenvalue weighted by Gasteiger charge is 2.37. The van der Waals surface area contributed by atoms with Crippen LogP contribution in [0.1, 0.15) is 0 Å². The normalized spacial score (nSPS) is 13.6. The summed E-state index contributed by atoms with van der Waals surface area (Å²) in [5.74, 6) is 0. The second-order valence-corrected chi connectivity index (χ2v) is 9.17. The molecule has 3 aromatic rings. The zero-order valence-electron chi connectivity index (χ0n) is 15.4. The Bertz CT molecular complexity index is 1140. The van der Waals surface area contributed by atoms with Crippen molar-refractivity contribution in [3.8, 4) is 0 Å². The zero-order chi connectivity index (χ0) is 23.3. The summed E-state index contributed by atoms with van der Waals surface area (Å²) in [7, 11) is -6.84. The lowest BCUT2D eigenvalue weighted by Crippen LogP contribution is -2.21. The van der Waals surface area contributed by atoms with Gasteiger partial charge in [0.2, 0.25) is 0 Å². The van der Waals surface area contributed by atoms with E-state index in [0.29, 0.717) is 6.08 Å². The highest BCUT2D eigenvalue weighted by Crippen LogP contribution is 2.29. The Hall–Kier alpha value is -2.50. The summed E-state index contributed by atoms with van der Waals surface area (Å²) >= 11 is 0. The van der Waals surface area contributed by atoms with Gasteiger partial charge in [-0.1, -0.05) is 42.5 Å². The molecule has 0 amide bonds. The second-order valence-electron chi connectivity index (χ2n) is 5.90. The molecule has 0 aliphatic carbocycles. The molecule has 1 atom stereocenters. The molecule has 0 bridgehead atoms.